The van der Waals surface area contributed by atoms with Gasteiger partial charge in [-0.05, 0) is 26.2 Å². The fourth-order valence-corrected chi connectivity index (χ4v) is 8.17. The van der Waals surface area contributed by atoms with Crippen LogP contribution in [0.5, 0.6) is 0 Å². The van der Waals surface area contributed by atoms with Crippen molar-refractivity contribution in [2.24, 2.45) is 0 Å². The fourth-order valence-electron chi connectivity index (χ4n) is 1.67. The molecule has 0 aromatic carbocycles. The summed E-state index contributed by atoms with van der Waals surface area (Å²) in [5.74, 6) is 0. The van der Waals surface area contributed by atoms with Crippen molar-refractivity contribution in [3.8, 4) is 0 Å². The summed E-state index contributed by atoms with van der Waals surface area (Å²) in [4.78, 5) is 0. The first-order valence-electron chi connectivity index (χ1n) is 5.40. The Morgan fingerprint density at radius 3 is 1.60 bits per heavy atom. The zero-order chi connectivity index (χ0) is 12.1. The molecule has 0 heterocycles. The molecule has 0 aromatic rings. The number of nitrogens with zero attached hydrogens (tertiary/aromatic N) is 1. The summed E-state index contributed by atoms with van der Waals surface area (Å²) in [7, 11) is -0.963. The third-order valence-corrected chi connectivity index (χ3v) is 9.82. The third kappa shape index (κ3) is 4.33. The molecule has 0 N–H and O–H groups in total. The molecule has 15 heavy (non-hydrogen) atoms. The van der Waals surface area contributed by atoms with Crippen LogP contribution in [0.25, 0.3) is 0 Å². The second-order valence-corrected chi connectivity index (χ2v) is 10.9. The minimum absolute atomic E-state index is 1.01. The van der Waals surface area contributed by atoms with Crippen LogP contribution >= 0.6 is 0 Å². The maximum Gasteiger partial charge on any atom is 0.487 e. The summed E-state index contributed by atoms with van der Waals surface area (Å²) in [6, 6.07) is 0. The monoisotopic (exact) mass is 251 g/mol. The van der Waals surface area contributed by atoms with Gasteiger partial charge in [0.05, 0.1) is 0 Å². The maximum absolute atomic E-state index is 6.13. The van der Waals surface area contributed by atoms with E-state index in [0.29, 0.717) is 0 Å². The Morgan fingerprint density at radius 2 is 1.33 bits per heavy atom. The topological polar surface area (TPSA) is 30.9 Å². The van der Waals surface area contributed by atoms with E-state index in [1.165, 1.54) is 0 Å². The highest BCUT2D eigenvalue weighted by Gasteiger charge is 2.42. The average Bonchev–Trinajstić information content (AvgIpc) is 2.18. The standard InChI is InChI=1S/C9H25NO3Si2/c1-8-10(9-2)14(5,6)13-15(7,11-3)12-4/h8-9H2,1-7H3. The lowest BCUT2D eigenvalue weighted by Crippen LogP contribution is -2.59. The number of hydrogen-bond donors (Lipinski definition) is 0. The molecule has 0 saturated carbocycles. The summed E-state index contributed by atoms with van der Waals surface area (Å²) in [5, 5.41) is 0. The maximum atomic E-state index is 6.13. The molecule has 0 aliphatic rings. The van der Waals surface area contributed by atoms with Crippen LogP contribution in [0.3, 0.4) is 0 Å². The summed E-state index contributed by atoms with van der Waals surface area (Å²) in [6.07, 6.45) is 0. The Labute approximate surface area is 96.1 Å². The molecular formula is C9H25NO3Si2. The van der Waals surface area contributed by atoms with E-state index in [0.717, 1.165) is 13.1 Å². The molecule has 4 nitrogen and oxygen atoms in total. The fraction of sp³-hybridized carbons (Fsp3) is 1.00. The van der Waals surface area contributed by atoms with E-state index in [-0.39, 0.29) is 0 Å². The zero-order valence-corrected chi connectivity index (χ0v) is 13.1. The van der Waals surface area contributed by atoms with Gasteiger partial charge in [0.1, 0.15) is 0 Å². The minimum atomic E-state index is -2.41. The normalized spacial score (nSPS) is 13.6. The zero-order valence-electron chi connectivity index (χ0n) is 11.1. The van der Waals surface area contributed by atoms with Gasteiger partial charge in [0, 0.05) is 20.8 Å². The van der Waals surface area contributed by atoms with Gasteiger partial charge < -0.3 is 17.5 Å². The molecule has 0 aliphatic carbocycles. The van der Waals surface area contributed by atoms with E-state index in [4.69, 9.17) is 13.0 Å². The smallest absolute Gasteiger partial charge is 0.402 e. The van der Waals surface area contributed by atoms with Crippen LogP contribution < -0.4 is 0 Å². The third-order valence-electron chi connectivity index (χ3n) is 2.70. The van der Waals surface area contributed by atoms with Gasteiger partial charge in [0.15, 0.2) is 0 Å². The predicted octanol–water partition coefficient (Wildman–Crippen LogP) is 1.91. The highest BCUT2D eigenvalue weighted by Crippen LogP contribution is 2.18. The van der Waals surface area contributed by atoms with Crippen molar-refractivity contribution in [2.45, 2.75) is 33.5 Å². The first-order chi connectivity index (χ1) is 6.85. The lowest BCUT2D eigenvalue weighted by Gasteiger charge is -2.39. The Morgan fingerprint density at radius 1 is 0.933 bits per heavy atom. The highest BCUT2D eigenvalue weighted by molar-refractivity contribution is 6.78. The molecule has 0 spiro atoms. The van der Waals surface area contributed by atoms with Crippen LogP contribution in [-0.4, -0.2) is 49.2 Å². The Balaban J connectivity index is 4.59. The first-order valence-corrected chi connectivity index (χ1v) is 10.5. The van der Waals surface area contributed by atoms with Gasteiger partial charge in [-0.2, -0.15) is 0 Å². The van der Waals surface area contributed by atoms with Crippen LogP contribution in [-0.2, 0) is 13.0 Å². The van der Waals surface area contributed by atoms with Crippen molar-refractivity contribution in [3.05, 3.63) is 0 Å². The molecule has 0 aromatic heterocycles. The van der Waals surface area contributed by atoms with Gasteiger partial charge in [-0.1, -0.05) is 13.8 Å². The molecule has 0 fully saturated rings. The Kier molecular flexibility index (Phi) is 6.23. The van der Waals surface area contributed by atoms with Crippen molar-refractivity contribution in [1.29, 1.82) is 0 Å². The van der Waals surface area contributed by atoms with Gasteiger partial charge in [0.25, 0.3) is 8.48 Å². The Hall–Kier alpha value is 0.274. The van der Waals surface area contributed by atoms with Gasteiger partial charge in [-0.3, -0.25) is 0 Å². The summed E-state index contributed by atoms with van der Waals surface area (Å²) in [5.41, 5.74) is 0. The van der Waals surface area contributed by atoms with Crippen LogP contribution in [0.1, 0.15) is 13.8 Å². The molecule has 92 valence electrons. The quantitative estimate of drug-likeness (QED) is 0.647. The van der Waals surface area contributed by atoms with Crippen LogP contribution in [0.15, 0.2) is 0 Å². The van der Waals surface area contributed by atoms with Gasteiger partial charge in [-0.25, -0.2) is 0 Å². The van der Waals surface area contributed by atoms with E-state index < -0.39 is 17.3 Å². The highest BCUT2D eigenvalue weighted by atomic mass is 28.5. The Bertz CT molecular complexity index is 182. The molecular weight excluding hydrogens is 226 g/mol. The molecule has 0 amide bonds. The molecule has 0 radical (unpaired) electrons. The lowest BCUT2D eigenvalue weighted by molar-refractivity contribution is 0.155. The molecule has 0 bridgehead atoms. The van der Waals surface area contributed by atoms with E-state index in [2.05, 4.69) is 31.5 Å². The average molecular weight is 251 g/mol. The van der Waals surface area contributed by atoms with E-state index in [9.17, 15) is 0 Å². The van der Waals surface area contributed by atoms with Crippen molar-refractivity contribution < 1.29 is 13.0 Å². The molecule has 0 atom stereocenters. The number of hydrogen-bond acceptors (Lipinski definition) is 4. The van der Waals surface area contributed by atoms with Gasteiger partial charge in [-0.15, -0.1) is 0 Å². The van der Waals surface area contributed by atoms with Crippen molar-refractivity contribution in [1.82, 2.24) is 4.57 Å². The van der Waals surface area contributed by atoms with E-state index >= 15 is 0 Å². The van der Waals surface area contributed by atoms with E-state index in [1.807, 2.05) is 6.55 Å². The second kappa shape index (κ2) is 6.12. The van der Waals surface area contributed by atoms with Crippen LogP contribution in [0, 0.1) is 0 Å². The summed E-state index contributed by atoms with van der Waals surface area (Å²) in [6.45, 7) is 12.6. The molecule has 0 saturated heterocycles. The minimum Gasteiger partial charge on any atom is -0.402 e. The van der Waals surface area contributed by atoms with Crippen molar-refractivity contribution in [2.75, 3.05) is 27.3 Å². The van der Waals surface area contributed by atoms with Gasteiger partial charge >= 0.3 is 8.80 Å². The second-order valence-electron chi connectivity index (χ2n) is 3.99. The van der Waals surface area contributed by atoms with Crippen LogP contribution in [0.4, 0.5) is 0 Å². The lowest BCUT2D eigenvalue weighted by atomic mass is 10.7. The van der Waals surface area contributed by atoms with E-state index in [1.54, 1.807) is 14.2 Å². The number of rotatable bonds is 7. The predicted molar refractivity (Wildman–Crippen MR) is 67.1 cm³/mol. The van der Waals surface area contributed by atoms with Crippen molar-refractivity contribution in [3.63, 3.8) is 0 Å². The summed E-state index contributed by atoms with van der Waals surface area (Å²) >= 11 is 0. The molecule has 0 aliphatic heterocycles. The summed E-state index contributed by atoms with van der Waals surface area (Å²) < 4.78 is 19.2. The van der Waals surface area contributed by atoms with Gasteiger partial charge in [0.2, 0.25) is 0 Å². The SMILES string of the molecule is CCN(CC)[Si](C)(C)O[Si](C)(OC)OC. The van der Waals surface area contributed by atoms with Crippen molar-refractivity contribution >= 4 is 17.3 Å². The largest absolute Gasteiger partial charge is 0.487 e. The molecule has 0 unspecified atom stereocenters. The molecule has 0 rings (SSSR count). The molecule has 6 heteroatoms. The van der Waals surface area contributed by atoms with Crippen LogP contribution in [0.2, 0.25) is 19.6 Å². The first kappa shape index (κ1) is 15.3.